The van der Waals surface area contributed by atoms with Gasteiger partial charge in [-0.3, -0.25) is 9.69 Å². The number of carbonyl (C=O) groups is 1. The summed E-state index contributed by atoms with van der Waals surface area (Å²) in [7, 11) is 1.68. The Morgan fingerprint density at radius 2 is 1.93 bits per heavy atom. The summed E-state index contributed by atoms with van der Waals surface area (Å²) in [5, 5.41) is 3.06. The molecule has 3 rings (SSSR count). The van der Waals surface area contributed by atoms with Gasteiger partial charge in [0.05, 0.1) is 19.4 Å². The van der Waals surface area contributed by atoms with Gasteiger partial charge in [0.2, 0.25) is 5.91 Å². The molecule has 1 N–H and O–H groups in total. The molecule has 1 atom stereocenters. The average molecular weight is 371 g/mol. The van der Waals surface area contributed by atoms with E-state index in [0.717, 1.165) is 44.1 Å². The van der Waals surface area contributed by atoms with Crippen LogP contribution in [0.4, 0.5) is 5.69 Å². The molecule has 6 nitrogen and oxygen atoms in total. The fourth-order valence-electron chi connectivity index (χ4n) is 3.50. The quantitative estimate of drug-likeness (QED) is 0.773. The van der Waals surface area contributed by atoms with Crippen LogP contribution in [-0.4, -0.2) is 50.6 Å². The molecule has 0 saturated carbocycles. The lowest BCUT2D eigenvalue weighted by molar-refractivity contribution is -0.121. The Hall–Kier alpha value is -2.47. The minimum Gasteiger partial charge on any atom is -0.497 e. The molecule has 146 valence electrons. The molecule has 2 aromatic rings. The van der Waals surface area contributed by atoms with E-state index < -0.39 is 0 Å². The molecule has 0 aliphatic carbocycles. The van der Waals surface area contributed by atoms with E-state index in [9.17, 15) is 4.79 Å². The zero-order chi connectivity index (χ0) is 19.1. The van der Waals surface area contributed by atoms with Crippen LogP contribution in [0.3, 0.4) is 0 Å². The highest BCUT2D eigenvalue weighted by Gasteiger charge is 2.27. The Balaban J connectivity index is 1.60. The summed E-state index contributed by atoms with van der Waals surface area (Å²) >= 11 is 0. The molecule has 1 aromatic carbocycles. The smallest absolute Gasteiger partial charge is 0.220 e. The number of anilines is 1. The Morgan fingerprint density at radius 3 is 2.52 bits per heavy atom. The Morgan fingerprint density at radius 1 is 1.19 bits per heavy atom. The molecule has 27 heavy (non-hydrogen) atoms. The van der Waals surface area contributed by atoms with Crippen molar-refractivity contribution in [3.63, 3.8) is 0 Å². The van der Waals surface area contributed by atoms with Crippen LogP contribution in [0, 0.1) is 0 Å². The second-order valence-electron chi connectivity index (χ2n) is 6.81. The lowest BCUT2D eigenvalue weighted by Gasteiger charge is -2.39. The van der Waals surface area contributed by atoms with Crippen molar-refractivity contribution in [3.05, 3.63) is 48.4 Å². The molecule has 0 radical (unpaired) electrons. The highest BCUT2D eigenvalue weighted by molar-refractivity contribution is 5.75. The van der Waals surface area contributed by atoms with Gasteiger partial charge in [-0.1, -0.05) is 6.92 Å². The number of piperazine rings is 1. The van der Waals surface area contributed by atoms with Crippen molar-refractivity contribution in [3.8, 4) is 5.75 Å². The molecule has 1 saturated heterocycles. The summed E-state index contributed by atoms with van der Waals surface area (Å²) in [5.41, 5.74) is 1.21. The SMILES string of the molecule is CCCC(=O)NCC(c1ccco1)N1CCN(c2ccc(OC)cc2)CC1. The highest BCUT2D eigenvalue weighted by Crippen LogP contribution is 2.25. The van der Waals surface area contributed by atoms with Gasteiger partial charge in [0, 0.05) is 44.8 Å². The van der Waals surface area contributed by atoms with Crippen LogP contribution >= 0.6 is 0 Å². The first kappa shape index (κ1) is 19.3. The van der Waals surface area contributed by atoms with Gasteiger partial charge in [0.25, 0.3) is 0 Å². The van der Waals surface area contributed by atoms with E-state index in [-0.39, 0.29) is 11.9 Å². The molecule has 1 amide bonds. The van der Waals surface area contributed by atoms with E-state index in [4.69, 9.17) is 9.15 Å². The second kappa shape index (κ2) is 9.46. The predicted octanol–water partition coefficient (Wildman–Crippen LogP) is 3.07. The highest BCUT2D eigenvalue weighted by atomic mass is 16.5. The maximum atomic E-state index is 11.9. The van der Waals surface area contributed by atoms with E-state index >= 15 is 0 Å². The number of furan rings is 1. The van der Waals surface area contributed by atoms with Crippen LogP contribution in [0.2, 0.25) is 0 Å². The maximum absolute atomic E-state index is 11.9. The Kier molecular flexibility index (Phi) is 6.76. The predicted molar refractivity (Wildman–Crippen MR) is 106 cm³/mol. The Labute approximate surface area is 161 Å². The molecule has 0 bridgehead atoms. The fourth-order valence-corrected chi connectivity index (χ4v) is 3.50. The largest absolute Gasteiger partial charge is 0.497 e. The number of carbonyl (C=O) groups excluding carboxylic acids is 1. The van der Waals surface area contributed by atoms with E-state index in [1.807, 2.05) is 31.2 Å². The molecule has 2 heterocycles. The number of benzene rings is 1. The number of rotatable bonds is 8. The number of amides is 1. The molecule has 0 spiro atoms. The third-order valence-electron chi connectivity index (χ3n) is 5.03. The topological polar surface area (TPSA) is 58.0 Å². The molecule has 1 aliphatic heterocycles. The first-order chi connectivity index (χ1) is 13.2. The number of nitrogens with zero attached hydrogens (tertiary/aromatic N) is 2. The van der Waals surface area contributed by atoms with Gasteiger partial charge in [-0.05, 0) is 42.8 Å². The Bertz CT molecular complexity index is 692. The average Bonchev–Trinajstić information content (AvgIpc) is 3.23. The van der Waals surface area contributed by atoms with Crippen molar-refractivity contribution in [2.75, 3.05) is 44.7 Å². The minimum atomic E-state index is 0.0684. The third kappa shape index (κ3) is 5.04. The maximum Gasteiger partial charge on any atom is 0.220 e. The lowest BCUT2D eigenvalue weighted by atomic mass is 10.1. The van der Waals surface area contributed by atoms with Crippen molar-refractivity contribution in [1.29, 1.82) is 0 Å². The summed E-state index contributed by atoms with van der Waals surface area (Å²) in [6, 6.07) is 12.2. The van der Waals surface area contributed by atoms with Crippen LogP contribution in [-0.2, 0) is 4.79 Å². The minimum absolute atomic E-state index is 0.0684. The van der Waals surface area contributed by atoms with Gasteiger partial charge < -0.3 is 19.4 Å². The van der Waals surface area contributed by atoms with Gasteiger partial charge in [0.15, 0.2) is 0 Å². The van der Waals surface area contributed by atoms with Crippen molar-refractivity contribution in [1.82, 2.24) is 10.2 Å². The number of methoxy groups -OCH3 is 1. The van der Waals surface area contributed by atoms with E-state index in [1.54, 1.807) is 13.4 Å². The standard InChI is InChI=1S/C21H29N3O3/c1-3-5-21(25)22-16-19(20-6-4-15-27-20)24-13-11-23(12-14-24)17-7-9-18(26-2)10-8-17/h4,6-10,15,19H,3,5,11-14,16H2,1-2H3,(H,22,25). The summed E-state index contributed by atoms with van der Waals surface area (Å²) in [5.74, 6) is 1.88. The van der Waals surface area contributed by atoms with Gasteiger partial charge in [0.1, 0.15) is 11.5 Å². The van der Waals surface area contributed by atoms with Crippen molar-refractivity contribution >= 4 is 11.6 Å². The first-order valence-corrected chi connectivity index (χ1v) is 9.64. The van der Waals surface area contributed by atoms with Gasteiger partial charge in [-0.25, -0.2) is 0 Å². The molecular weight excluding hydrogens is 342 g/mol. The number of ether oxygens (including phenoxy) is 1. The van der Waals surface area contributed by atoms with Crippen LogP contribution in [0.5, 0.6) is 5.75 Å². The summed E-state index contributed by atoms with van der Waals surface area (Å²) in [6.07, 6.45) is 3.12. The molecule has 1 aliphatic rings. The molecule has 6 heteroatoms. The van der Waals surface area contributed by atoms with E-state index in [1.165, 1.54) is 5.69 Å². The van der Waals surface area contributed by atoms with Crippen molar-refractivity contribution in [2.45, 2.75) is 25.8 Å². The number of hydrogen-bond acceptors (Lipinski definition) is 5. The number of nitrogens with one attached hydrogen (secondary N) is 1. The van der Waals surface area contributed by atoms with Gasteiger partial charge >= 0.3 is 0 Å². The molecular formula is C21H29N3O3. The van der Waals surface area contributed by atoms with Crippen LogP contribution in [0.25, 0.3) is 0 Å². The van der Waals surface area contributed by atoms with Gasteiger partial charge in [-0.2, -0.15) is 0 Å². The van der Waals surface area contributed by atoms with Crippen LogP contribution in [0.15, 0.2) is 47.1 Å². The normalized spacial score (nSPS) is 16.1. The van der Waals surface area contributed by atoms with Crippen LogP contribution in [0.1, 0.15) is 31.6 Å². The third-order valence-corrected chi connectivity index (χ3v) is 5.03. The summed E-state index contributed by atoms with van der Waals surface area (Å²) in [6.45, 7) is 6.30. The first-order valence-electron chi connectivity index (χ1n) is 9.64. The number of hydrogen-bond donors (Lipinski definition) is 1. The molecule has 1 aromatic heterocycles. The molecule has 1 fully saturated rings. The zero-order valence-corrected chi connectivity index (χ0v) is 16.2. The molecule has 1 unspecified atom stereocenters. The zero-order valence-electron chi connectivity index (χ0n) is 16.2. The monoisotopic (exact) mass is 371 g/mol. The van der Waals surface area contributed by atoms with Gasteiger partial charge in [-0.15, -0.1) is 0 Å². The van der Waals surface area contributed by atoms with Crippen molar-refractivity contribution < 1.29 is 13.9 Å². The lowest BCUT2D eigenvalue weighted by Crippen LogP contribution is -2.49. The fraction of sp³-hybridized carbons (Fsp3) is 0.476. The van der Waals surface area contributed by atoms with Crippen LogP contribution < -0.4 is 15.0 Å². The second-order valence-corrected chi connectivity index (χ2v) is 6.81. The van der Waals surface area contributed by atoms with Crippen molar-refractivity contribution in [2.24, 2.45) is 0 Å². The summed E-state index contributed by atoms with van der Waals surface area (Å²) < 4.78 is 10.9. The van der Waals surface area contributed by atoms with E-state index in [2.05, 4.69) is 27.2 Å². The van der Waals surface area contributed by atoms with E-state index in [0.29, 0.717) is 13.0 Å². The summed E-state index contributed by atoms with van der Waals surface area (Å²) in [4.78, 5) is 16.7.